The summed E-state index contributed by atoms with van der Waals surface area (Å²) in [7, 11) is 0. The second kappa shape index (κ2) is 4.72. The summed E-state index contributed by atoms with van der Waals surface area (Å²) in [6.45, 7) is 3.53. The van der Waals surface area contributed by atoms with E-state index in [9.17, 15) is 4.79 Å². The average molecular weight is 245 g/mol. The number of hydrogen-bond donors (Lipinski definition) is 0. The molecule has 0 unspecified atom stereocenters. The van der Waals surface area contributed by atoms with Gasteiger partial charge in [-0.25, -0.2) is 0 Å². The van der Waals surface area contributed by atoms with Crippen molar-refractivity contribution >= 4 is 17.4 Å². The number of aryl methyl sites for hydroxylation is 1. The van der Waals surface area contributed by atoms with E-state index >= 15 is 0 Å². The van der Waals surface area contributed by atoms with Crippen LogP contribution in [0.3, 0.4) is 0 Å². The zero-order valence-corrected chi connectivity index (χ0v) is 10.6. The Morgan fingerprint density at radius 3 is 2.41 bits per heavy atom. The SMILES string of the molecule is CC(=O)c1cc(-c2cccc(Cl)c2)ccc1C. The molecular weight excluding hydrogens is 232 g/mol. The molecule has 0 spiro atoms. The fourth-order valence-corrected chi connectivity index (χ4v) is 2.04. The van der Waals surface area contributed by atoms with Crippen LogP contribution in [0, 0.1) is 6.92 Å². The molecule has 0 saturated carbocycles. The largest absolute Gasteiger partial charge is 0.295 e. The fraction of sp³-hybridized carbons (Fsp3) is 0.133. The summed E-state index contributed by atoms with van der Waals surface area (Å²) in [5.74, 6) is 0.0892. The molecule has 0 bridgehead atoms. The van der Waals surface area contributed by atoms with Crippen molar-refractivity contribution in [3.8, 4) is 11.1 Å². The molecule has 0 radical (unpaired) electrons. The van der Waals surface area contributed by atoms with Gasteiger partial charge in [0.25, 0.3) is 0 Å². The predicted octanol–water partition coefficient (Wildman–Crippen LogP) is 4.52. The summed E-state index contributed by atoms with van der Waals surface area (Å²) in [6, 6.07) is 13.5. The minimum absolute atomic E-state index is 0.0892. The van der Waals surface area contributed by atoms with Gasteiger partial charge in [0.15, 0.2) is 5.78 Å². The molecule has 0 atom stereocenters. The third kappa shape index (κ3) is 2.56. The lowest BCUT2D eigenvalue weighted by atomic mass is 9.98. The number of halogens is 1. The highest BCUT2D eigenvalue weighted by molar-refractivity contribution is 6.30. The molecule has 0 N–H and O–H groups in total. The molecule has 0 aliphatic rings. The first-order valence-electron chi connectivity index (χ1n) is 5.45. The minimum atomic E-state index is 0.0892. The third-order valence-electron chi connectivity index (χ3n) is 2.77. The Morgan fingerprint density at radius 2 is 1.76 bits per heavy atom. The summed E-state index contributed by atoms with van der Waals surface area (Å²) in [5, 5.41) is 0.701. The molecule has 0 heterocycles. The lowest BCUT2D eigenvalue weighted by Crippen LogP contribution is -1.96. The van der Waals surface area contributed by atoms with Crippen LogP contribution >= 0.6 is 11.6 Å². The molecule has 0 amide bonds. The summed E-state index contributed by atoms with van der Waals surface area (Å²) >= 11 is 5.96. The number of carbonyl (C=O) groups excluding carboxylic acids is 1. The predicted molar refractivity (Wildman–Crippen MR) is 71.6 cm³/mol. The highest BCUT2D eigenvalue weighted by atomic mass is 35.5. The first kappa shape index (κ1) is 11.9. The quantitative estimate of drug-likeness (QED) is 0.710. The lowest BCUT2D eigenvalue weighted by Gasteiger charge is -2.07. The minimum Gasteiger partial charge on any atom is -0.295 e. The van der Waals surface area contributed by atoms with Gasteiger partial charge in [0.1, 0.15) is 0 Å². The van der Waals surface area contributed by atoms with Crippen molar-refractivity contribution in [3.05, 3.63) is 58.6 Å². The van der Waals surface area contributed by atoms with Crippen LogP contribution in [-0.2, 0) is 0 Å². The molecule has 2 rings (SSSR count). The van der Waals surface area contributed by atoms with Gasteiger partial charge in [0.2, 0.25) is 0 Å². The van der Waals surface area contributed by atoms with Crippen molar-refractivity contribution in [2.24, 2.45) is 0 Å². The Morgan fingerprint density at radius 1 is 1.06 bits per heavy atom. The molecule has 0 aliphatic heterocycles. The maximum atomic E-state index is 11.5. The Labute approximate surface area is 106 Å². The second-order valence-electron chi connectivity index (χ2n) is 4.10. The fourth-order valence-electron chi connectivity index (χ4n) is 1.85. The molecular formula is C15H13ClO. The molecule has 0 fully saturated rings. The van der Waals surface area contributed by atoms with Crippen LogP contribution in [0.15, 0.2) is 42.5 Å². The van der Waals surface area contributed by atoms with Gasteiger partial charge in [-0.3, -0.25) is 4.79 Å². The maximum absolute atomic E-state index is 11.5. The first-order chi connectivity index (χ1) is 8.08. The molecule has 86 valence electrons. The van der Waals surface area contributed by atoms with Crippen LogP contribution in [0.5, 0.6) is 0 Å². The van der Waals surface area contributed by atoms with Crippen molar-refractivity contribution in [2.45, 2.75) is 13.8 Å². The number of Topliss-reactive ketones (excluding diaryl/α,β-unsaturated/α-hetero) is 1. The Bertz CT molecular complexity index is 573. The van der Waals surface area contributed by atoms with Crippen LogP contribution in [0.4, 0.5) is 0 Å². The van der Waals surface area contributed by atoms with E-state index in [0.717, 1.165) is 22.3 Å². The zero-order valence-electron chi connectivity index (χ0n) is 9.83. The van der Waals surface area contributed by atoms with Crippen LogP contribution in [0.2, 0.25) is 5.02 Å². The van der Waals surface area contributed by atoms with Gasteiger partial charge in [-0.15, -0.1) is 0 Å². The summed E-state index contributed by atoms with van der Waals surface area (Å²) in [5.41, 5.74) is 3.81. The summed E-state index contributed by atoms with van der Waals surface area (Å²) in [6.07, 6.45) is 0. The molecule has 0 aromatic heterocycles. The standard InChI is InChI=1S/C15H13ClO/c1-10-6-7-13(9-15(10)11(2)17)12-4-3-5-14(16)8-12/h3-9H,1-2H3. The average Bonchev–Trinajstić information content (AvgIpc) is 2.29. The van der Waals surface area contributed by atoms with E-state index in [1.807, 2.05) is 49.4 Å². The molecule has 17 heavy (non-hydrogen) atoms. The Balaban J connectivity index is 2.54. The van der Waals surface area contributed by atoms with Gasteiger partial charge in [-0.1, -0.05) is 35.9 Å². The van der Waals surface area contributed by atoms with E-state index in [4.69, 9.17) is 11.6 Å². The summed E-state index contributed by atoms with van der Waals surface area (Å²) < 4.78 is 0. The van der Waals surface area contributed by atoms with E-state index in [0.29, 0.717) is 5.02 Å². The molecule has 0 aliphatic carbocycles. The van der Waals surface area contributed by atoms with E-state index in [1.54, 1.807) is 6.92 Å². The number of benzene rings is 2. The number of ketones is 1. The smallest absolute Gasteiger partial charge is 0.160 e. The van der Waals surface area contributed by atoms with Gasteiger partial charge in [-0.2, -0.15) is 0 Å². The Kier molecular flexibility index (Phi) is 3.30. The van der Waals surface area contributed by atoms with E-state index in [2.05, 4.69) is 0 Å². The normalized spacial score (nSPS) is 10.3. The monoisotopic (exact) mass is 244 g/mol. The highest BCUT2D eigenvalue weighted by Gasteiger charge is 2.06. The zero-order chi connectivity index (χ0) is 12.4. The summed E-state index contributed by atoms with van der Waals surface area (Å²) in [4.78, 5) is 11.5. The topological polar surface area (TPSA) is 17.1 Å². The van der Waals surface area contributed by atoms with Gasteiger partial charge in [0.05, 0.1) is 0 Å². The number of rotatable bonds is 2. The van der Waals surface area contributed by atoms with E-state index in [-0.39, 0.29) is 5.78 Å². The number of carbonyl (C=O) groups is 1. The van der Waals surface area contributed by atoms with Crippen LogP contribution in [0.1, 0.15) is 22.8 Å². The van der Waals surface area contributed by atoms with Gasteiger partial charge in [0, 0.05) is 10.6 Å². The van der Waals surface area contributed by atoms with Gasteiger partial charge < -0.3 is 0 Å². The van der Waals surface area contributed by atoms with Gasteiger partial charge in [-0.05, 0) is 48.7 Å². The van der Waals surface area contributed by atoms with Crippen LogP contribution < -0.4 is 0 Å². The van der Waals surface area contributed by atoms with Gasteiger partial charge >= 0.3 is 0 Å². The third-order valence-corrected chi connectivity index (χ3v) is 3.01. The lowest BCUT2D eigenvalue weighted by molar-refractivity contribution is 0.101. The Hall–Kier alpha value is -1.60. The molecule has 1 nitrogen and oxygen atoms in total. The molecule has 2 aromatic rings. The van der Waals surface area contributed by atoms with Crippen molar-refractivity contribution < 1.29 is 4.79 Å². The van der Waals surface area contributed by atoms with Crippen molar-refractivity contribution in [2.75, 3.05) is 0 Å². The second-order valence-corrected chi connectivity index (χ2v) is 4.53. The number of hydrogen-bond acceptors (Lipinski definition) is 1. The van der Waals surface area contributed by atoms with Crippen LogP contribution in [-0.4, -0.2) is 5.78 Å². The van der Waals surface area contributed by atoms with E-state index < -0.39 is 0 Å². The molecule has 2 heteroatoms. The van der Waals surface area contributed by atoms with Crippen molar-refractivity contribution in [1.82, 2.24) is 0 Å². The first-order valence-corrected chi connectivity index (χ1v) is 5.83. The van der Waals surface area contributed by atoms with Crippen molar-refractivity contribution in [3.63, 3.8) is 0 Å². The molecule has 2 aromatic carbocycles. The molecule has 0 saturated heterocycles. The highest BCUT2D eigenvalue weighted by Crippen LogP contribution is 2.25. The van der Waals surface area contributed by atoms with Crippen molar-refractivity contribution in [1.29, 1.82) is 0 Å². The van der Waals surface area contributed by atoms with Crippen LogP contribution in [0.25, 0.3) is 11.1 Å². The van der Waals surface area contributed by atoms with E-state index in [1.165, 1.54) is 0 Å². The maximum Gasteiger partial charge on any atom is 0.160 e.